The van der Waals surface area contributed by atoms with Crippen LogP contribution in [0, 0.1) is 0 Å². The number of H-pyrrole nitrogens is 1. The van der Waals surface area contributed by atoms with Crippen LogP contribution in [0.3, 0.4) is 0 Å². The maximum absolute atomic E-state index is 12.9. The van der Waals surface area contributed by atoms with Crippen LogP contribution < -0.4 is 10.0 Å². The van der Waals surface area contributed by atoms with Crippen molar-refractivity contribution in [2.75, 3.05) is 0 Å². The monoisotopic (exact) mass is 602 g/mol. The number of carbonyl (C=O) groups excluding carboxylic acids is 2. The maximum Gasteiger partial charge on any atom is 0.490 e. The van der Waals surface area contributed by atoms with Gasteiger partial charge in [0.05, 0.1) is 29.9 Å². The van der Waals surface area contributed by atoms with Crippen LogP contribution in [0.4, 0.5) is 13.2 Å². The molecule has 220 valence electrons. The highest BCUT2D eigenvalue weighted by Gasteiger charge is 2.38. The van der Waals surface area contributed by atoms with Crippen molar-refractivity contribution in [1.29, 1.82) is 0 Å². The Bertz CT molecular complexity index is 1660. The molecule has 42 heavy (non-hydrogen) atoms. The smallest absolute Gasteiger partial charge is 0.475 e. The van der Waals surface area contributed by atoms with Crippen LogP contribution in [0.15, 0.2) is 78.9 Å². The van der Waals surface area contributed by atoms with E-state index in [9.17, 15) is 31.2 Å². The van der Waals surface area contributed by atoms with Crippen molar-refractivity contribution < 1.29 is 41.1 Å². The summed E-state index contributed by atoms with van der Waals surface area (Å²) in [5.74, 6) is -2.73. The molecule has 1 aliphatic rings. The van der Waals surface area contributed by atoms with Crippen LogP contribution in [0.25, 0.3) is 11.0 Å². The highest BCUT2D eigenvalue weighted by molar-refractivity contribution is 7.90. The number of aromatic nitrogens is 2. The van der Waals surface area contributed by atoms with E-state index in [2.05, 4.69) is 15.3 Å². The van der Waals surface area contributed by atoms with Gasteiger partial charge in [0.1, 0.15) is 11.1 Å². The summed E-state index contributed by atoms with van der Waals surface area (Å²) in [4.78, 5) is 41.3. The van der Waals surface area contributed by atoms with E-state index in [0.717, 1.165) is 22.2 Å². The van der Waals surface area contributed by atoms with E-state index in [1.165, 1.54) is 0 Å². The van der Waals surface area contributed by atoms with Crippen LogP contribution in [0.5, 0.6) is 0 Å². The van der Waals surface area contributed by atoms with E-state index in [1.807, 2.05) is 71.5 Å². The van der Waals surface area contributed by atoms with Crippen LogP contribution in [0.2, 0.25) is 0 Å². The standard InChI is InChI=1S/C26H24N4O4S.C2HF3O2/c31-24(15-17-6-2-1-3-7-17)27-22(26-28-20-8-4-5-9-21(20)29-26)14-18-10-12-19(13-11-18)23-16-25(32)30-35(23,33)34;3-2(4,5)1(6)7/h1-13,22-23H,14-16H2,(H,27,31)(H,28,29)(H,30,32);(H,6,7)/t22-,23?;/m0./s1. The van der Waals surface area contributed by atoms with Gasteiger partial charge in [-0.05, 0) is 35.2 Å². The lowest BCUT2D eigenvalue weighted by molar-refractivity contribution is -0.192. The van der Waals surface area contributed by atoms with E-state index in [4.69, 9.17) is 9.90 Å². The number of nitrogens with one attached hydrogen (secondary N) is 3. The molecule has 1 fully saturated rings. The topological polar surface area (TPSA) is 158 Å². The third kappa shape index (κ3) is 7.72. The first-order chi connectivity index (χ1) is 19.8. The van der Waals surface area contributed by atoms with Crippen molar-refractivity contribution in [3.8, 4) is 0 Å². The summed E-state index contributed by atoms with van der Waals surface area (Å²) in [5, 5.41) is 9.33. The highest BCUT2D eigenvalue weighted by atomic mass is 32.2. The molecule has 1 unspecified atom stereocenters. The minimum atomic E-state index is -5.08. The summed E-state index contributed by atoms with van der Waals surface area (Å²) in [7, 11) is -3.70. The lowest BCUT2D eigenvalue weighted by atomic mass is 10.0. The summed E-state index contributed by atoms with van der Waals surface area (Å²) in [6, 6.07) is 23.9. The maximum atomic E-state index is 12.9. The van der Waals surface area contributed by atoms with E-state index in [1.54, 1.807) is 12.1 Å². The second kappa shape index (κ2) is 12.4. The summed E-state index contributed by atoms with van der Waals surface area (Å²) in [6.45, 7) is 0. The van der Waals surface area contributed by atoms with Crippen LogP contribution in [0.1, 0.15) is 40.2 Å². The summed E-state index contributed by atoms with van der Waals surface area (Å²) in [5.41, 5.74) is 4.06. The van der Waals surface area contributed by atoms with Gasteiger partial charge in [-0.15, -0.1) is 0 Å². The molecule has 0 spiro atoms. The number of carbonyl (C=O) groups is 3. The van der Waals surface area contributed by atoms with Crippen molar-refractivity contribution in [3.63, 3.8) is 0 Å². The number of imidazole rings is 1. The SMILES string of the molecule is O=C(Cc1ccccc1)N[C@@H](Cc1ccc(C2CC(=O)NS2(=O)=O)cc1)c1nc2ccccc2[nH]1.O=C(O)C(F)(F)F. The Balaban J connectivity index is 0.000000517. The molecule has 2 amide bonds. The molecule has 0 radical (unpaired) electrons. The van der Waals surface area contributed by atoms with Crippen molar-refractivity contribution in [3.05, 3.63) is 101 Å². The van der Waals surface area contributed by atoms with Crippen LogP contribution >= 0.6 is 0 Å². The molecule has 1 aromatic heterocycles. The molecule has 4 N–H and O–H groups in total. The zero-order valence-electron chi connectivity index (χ0n) is 21.8. The molecule has 1 saturated heterocycles. The van der Waals surface area contributed by atoms with Gasteiger partial charge in [0.25, 0.3) is 0 Å². The molecule has 4 aromatic rings. The first kappa shape index (κ1) is 30.2. The second-order valence-electron chi connectivity index (χ2n) is 9.43. The van der Waals surface area contributed by atoms with Crippen LogP contribution in [-0.2, 0) is 37.2 Å². The van der Waals surface area contributed by atoms with Gasteiger partial charge in [0.2, 0.25) is 21.8 Å². The number of fused-ring (bicyclic) bond motifs is 1. The first-order valence-electron chi connectivity index (χ1n) is 12.5. The molecule has 0 aliphatic carbocycles. The number of rotatable bonds is 7. The Labute approximate surface area is 238 Å². The normalized spacial score (nSPS) is 16.6. The predicted molar refractivity (Wildman–Crippen MR) is 145 cm³/mol. The largest absolute Gasteiger partial charge is 0.490 e. The Morgan fingerprint density at radius 1 is 0.976 bits per heavy atom. The van der Waals surface area contributed by atoms with Crippen molar-refractivity contribution in [1.82, 2.24) is 20.0 Å². The molecule has 2 atom stereocenters. The number of aliphatic carboxylic acids is 1. The molecule has 3 aromatic carbocycles. The van der Waals surface area contributed by atoms with Gasteiger partial charge >= 0.3 is 12.1 Å². The summed E-state index contributed by atoms with van der Waals surface area (Å²) < 4.78 is 58.1. The van der Waals surface area contributed by atoms with E-state index >= 15 is 0 Å². The number of carboxylic acid groups (broad SMARTS) is 1. The molecule has 0 bridgehead atoms. The van der Waals surface area contributed by atoms with Gasteiger partial charge in [-0.1, -0.05) is 66.7 Å². The van der Waals surface area contributed by atoms with Gasteiger partial charge < -0.3 is 15.4 Å². The molecule has 10 nitrogen and oxygen atoms in total. The van der Waals surface area contributed by atoms with E-state index < -0.39 is 39.4 Å². The number of para-hydroxylation sites is 2. The number of nitrogens with zero attached hydrogens (tertiary/aromatic N) is 1. The van der Waals surface area contributed by atoms with Gasteiger partial charge in [-0.25, -0.2) is 18.2 Å². The number of hydrogen-bond acceptors (Lipinski definition) is 6. The Morgan fingerprint density at radius 2 is 1.60 bits per heavy atom. The number of amides is 2. The molecule has 5 rings (SSSR count). The third-order valence-corrected chi connectivity index (χ3v) is 8.02. The average Bonchev–Trinajstić information content (AvgIpc) is 3.48. The van der Waals surface area contributed by atoms with Gasteiger partial charge in [-0.2, -0.15) is 13.2 Å². The number of carboxylic acids is 1. The fraction of sp³-hybridized carbons (Fsp3) is 0.214. The summed E-state index contributed by atoms with van der Waals surface area (Å²) >= 11 is 0. The number of benzene rings is 3. The fourth-order valence-electron chi connectivity index (χ4n) is 4.33. The van der Waals surface area contributed by atoms with Crippen molar-refractivity contribution in [2.45, 2.75) is 36.7 Å². The minimum absolute atomic E-state index is 0.0845. The minimum Gasteiger partial charge on any atom is -0.475 e. The third-order valence-electron chi connectivity index (χ3n) is 6.32. The van der Waals surface area contributed by atoms with Crippen molar-refractivity contribution in [2.24, 2.45) is 0 Å². The molecular formula is C28H25F3N4O6S. The lowest BCUT2D eigenvalue weighted by Crippen LogP contribution is -2.32. The summed E-state index contributed by atoms with van der Waals surface area (Å²) in [6.07, 6.45) is -4.47. The zero-order chi connectivity index (χ0) is 30.5. The highest BCUT2D eigenvalue weighted by Crippen LogP contribution is 2.30. The van der Waals surface area contributed by atoms with Crippen molar-refractivity contribution >= 4 is 38.8 Å². The van der Waals surface area contributed by atoms with Crippen LogP contribution in [-0.4, -0.2) is 47.5 Å². The Kier molecular flexibility index (Phi) is 8.95. The second-order valence-corrected chi connectivity index (χ2v) is 11.3. The molecule has 1 aliphatic heterocycles. The number of alkyl halides is 3. The number of sulfonamides is 1. The fourth-order valence-corrected chi connectivity index (χ4v) is 5.76. The quantitative estimate of drug-likeness (QED) is 0.251. The molecule has 0 saturated carbocycles. The molecular weight excluding hydrogens is 577 g/mol. The van der Waals surface area contributed by atoms with Gasteiger partial charge in [0, 0.05) is 0 Å². The first-order valence-corrected chi connectivity index (χ1v) is 14.1. The number of aromatic amines is 1. The molecule has 2 heterocycles. The van der Waals surface area contributed by atoms with Gasteiger partial charge in [-0.3, -0.25) is 14.3 Å². The number of halogens is 3. The average molecular weight is 603 g/mol. The molecule has 14 heteroatoms. The number of hydrogen-bond donors (Lipinski definition) is 4. The van der Waals surface area contributed by atoms with E-state index in [-0.39, 0.29) is 18.7 Å². The lowest BCUT2D eigenvalue weighted by Gasteiger charge is -2.18. The Hall–Kier alpha value is -4.72. The van der Waals surface area contributed by atoms with E-state index in [0.29, 0.717) is 17.8 Å². The zero-order valence-corrected chi connectivity index (χ0v) is 22.6. The predicted octanol–water partition coefficient (Wildman–Crippen LogP) is 3.73. The van der Waals surface area contributed by atoms with Gasteiger partial charge in [0.15, 0.2) is 0 Å². The Morgan fingerprint density at radius 3 is 2.17 bits per heavy atom.